The maximum absolute atomic E-state index is 13.8. The fraction of sp³-hybridized carbons (Fsp3) is 0.0556. The first kappa shape index (κ1) is 17.3. The fourth-order valence-corrected chi connectivity index (χ4v) is 3.58. The van der Waals surface area contributed by atoms with Crippen LogP contribution >= 0.6 is 24.0 Å². The van der Waals surface area contributed by atoms with E-state index in [9.17, 15) is 14.0 Å². The van der Waals surface area contributed by atoms with Gasteiger partial charge in [0.15, 0.2) is 4.32 Å². The fourth-order valence-electron chi connectivity index (χ4n) is 2.29. The standard InChI is InChI=1S/C18H12FNO3S2/c1-23-17(22)11-6-8-13(9-7-11)20-16(21)15(25-18(20)24)10-12-4-2-3-5-14(12)19/h2-10H,1H3/b15-10+. The molecular formula is C18H12FNO3S2. The second-order valence-electron chi connectivity index (χ2n) is 5.08. The van der Waals surface area contributed by atoms with Crippen LogP contribution in [0.2, 0.25) is 0 Å². The minimum atomic E-state index is -0.462. The first-order valence-corrected chi connectivity index (χ1v) is 8.44. The van der Waals surface area contributed by atoms with E-state index >= 15 is 0 Å². The van der Waals surface area contributed by atoms with E-state index in [0.717, 1.165) is 11.8 Å². The van der Waals surface area contributed by atoms with Crippen molar-refractivity contribution in [2.24, 2.45) is 0 Å². The lowest BCUT2D eigenvalue weighted by atomic mass is 10.2. The minimum Gasteiger partial charge on any atom is -0.465 e. The summed E-state index contributed by atoms with van der Waals surface area (Å²) in [5.74, 6) is -1.20. The molecule has 0 N–H and O–H groups in total. The van der Waals surface area contributed by atoms with Crippen molar-refractivity contribution in [1.29, 1.82) is 0 Å². The van der Waals surface area contributed by atoms with E-state index in [2.05, 4.69) is 4.74 Å². The molecule has 1 saturated heterocycles. The number of nitrogens with zero attached hydrogens (tertiary/aromatic N) is 1. The van der Waals surface area contributed by atoms with Gasteiger partial charge in [0.2, 0.25) is 0 Å². The lowest BCUT2D eigenvalue weighted by molar-refractivity contribution is -0.113. The second-order valence-corrected chi connectivity index (χ2v) is 6.75. The molecule has 0 unspecified atom stereocenters. The molecule has 25 heavy (non-hydrogen) atoms. The third-order valence-corrected chi connectivity index (χ3v) is 4.83. The summed E-state index contributed by atoms with van der Waals surface area (Å²) in [5.41, 5.74) is 1.23. The van der Waals surface area contributed by atoms with Crippen molar-refractivity contribution >= 4 is 51.9 Å². The van der Waals surface area contributed by atoms with Crippen LogP contribution in [0, 0.1) is 5.82 Å². The van der Waals surface area contributed by atoms with Crippen molar-refractivity contribution in [1.82, 2.24) is 0 Å². The van der Waals surface area contributed by atoms with Crippen LogP contribution in [-0.2, 0) is 9.53 Å². The highest BCUT2D eigenvalue weighted by Gasteiger charge is 2.33. The zero-order valence-electron chi connectivity index (χ0n) is 13.1. The molecule has 0 atom stereocenters. The van der Waals surface area contributed by atoms with Gasteiger partial charge >= 0.3 is 5.97 Å². The van der Waals surface area contributed by atoms with Crippen LogP contribution in [0.5, 0.6) is 0 Å². The van der Waals surface area contributed by atoms with E-state index in [1.54, 1.807) is 42.5 Å². The van der Waals surface area contributed by atoms with Gasteiger partial charge in [0.05, 0.1) is 23.3 Å². The van der Waals surface area contributed by atoms with Gasteiger partial charge in [-0.15, -0.1) is 0 Å². The van der Waals surface area contributed by atoms with E-state index in [1.165, 1.54) is 24.2 Å². The third kappa shape index (κ3) is 3.47. The molecule has 0 bridgehead atoms. The Morgan fingerprint density at radius 1 is 1.20 bits per heavy atom. The van der Waals surface area contributed by atoms with Crippen molar-refractivity contribution in [3.8, 4) is 0 Å². The summed E-state index contributed by atoms with van der Waals surface area (Å²) in [7, 11) is 1.30. The highest BCUT2D eigenvalue weighted by Crippen LogP contribution is 2.36. The highest BCUT2D eigenvalue weighted by atomic mass is 32.2. The number of carbonyl (C=O) groups is 2. The predicted molar refractivity (Wildman–Crippen MR) is 99.8 cm³/mol. The van der Waals surface area contributed by atoms with Crippen LogP contribution < -0.4 is 4.90 Å². The Morgan fingerprint density at radius 2 is 1.88 bits per heavy atom. The van der Waals surface area contributed by atoms with Crippen molar-refractivity contribution in [3.05, 3.63) is 70.4 Å². The monoisotopic (exact) mass is 373 g/mol. The zero-order chi connectivity index (χ0) is 18.0. The first-order chi connectivity index (χ1) is 12.0. The van der Waals surface area contributed by atoms with Gasteiger partial charge in [-0.25, -0.2) is 9.18 Å². The molecule has 2 aromatic carbocycles. The van der Waals surface area contributed by atoms with Gasteiger partial charge in [-0.1, -0.05) is 42.2 Å². The molecule has 0 spiro atoms. The van der Waals surface area contributed by atoms with Gasteiger partial charge in [0.1, 0.15) is 5.82 Å². The van der Waals surface area contributed by atoms with Crippen molar-refractivity contribution in [2.45, 2.75) is 0 Å². The quantitative estimate of drug-likeness (QED) is 0.462. The minimum absolute atomic E-state index is 0.323. The molecule has 2 aromatic rings. The molecule has 4 nitrogen and oxygen atoms in total. The first-order valence-electron chi connectivity index (χ1n) is 7.22. The van der Waals surface area contributed by atoms with E-state index in [1.807, 2.05) is 0 Å². The third-order valence-electron chi connectivity index (χ3n) is 3.53. The number of thioether (sulfide) groups is 1. The van der Waals surface area contributed by atoms with Crippen LogP contribution in [0.25, 0.3) is 6.08 Å². The summed E-state index contributed by atoms with van der Waals surface area (Å²) in [5, 5.41) is 0. The molecule has 0 saturated carbocycles. The topological polar surface area (TPSA) is 46.6 Å². The van der Waals surface area contributed by atoms with Crippen LogP contribution in [0.1, 0.15) is 15.9 Å². The molecule has 3 rings (SSSR count). The number of esters is 1. The molecule has 1 fully saturated rings. The largest absolute Gasteiger partial charge is 0.465 e. The number of rotatable bonds is 3. The summed E-state index contributed by atoms with van der Waals surface area (Å²) in [6, 6.07) is 12.5. The summed E-state index contributed by atoms with van der Waals surface area (Å²) in [4.78, 5) is 25.8. The molecule has 1 aliphatic heterocycles. The number of carbonyl (C=O) groups excluding carboxylic acids is 2. The smallest absolute Gasteiger partial charge is 0.337 e. The molecule has 126 valence electrons. The number of benzene rings is 2. The molecule has 7 heteroatoms. The van der Waals surface area contributed by atoms with Gasteiger partial charge in [-0.2, -0.15) is 0 Å². The van der Waals surface area contributed by atoms with Gasteiger partial charge in [-0.3, -0.25) is 9.69 Å². The number of halogens is 1. The number of hydrogen-bond acceptors (Lipinski definition) is 5. The number of methoxy groups -OCH3 is 1. The molecule has 0 radical (unpaired) electrons. The van der Waals surface area contributed by atoms with Crippen LogP contribution in [-0.4, -0.2) is 23.3 Å². The highest BCUT2D eigenvalue weighted by molar-refractivity contribution is 8.27. The van der Waals surface area contributed by atoms with Gasteiger partial charge in [-0.05, 0) is 36.4 Å². The molecule has 1 amide bonds. The summed E-state index contributed by atoms with van der Waals surface area (Å²) in [6.07, 6.45) is 1.48. The number of amides is 1. The Bertz CT molecular complexity index is 893. The van der Waals surface area contributed by atoms with Crippen molar-refractivity contribution in [2.75, 3.05) is 12.0 Å². The number of anilines is 1. The second kappa shape index (κ2) is 7.16. The molecule has 0 aliphatic carbocycles. The van der Waals surface area contributed by atoms with Gasteiger partial charge < -0.3 is 4.74 Å². The maximum Gasteiger partial charge on any atom is 0.337 e. The summed E-state index contributed by atoms with van der Waals surface area (Å²) in [6.45, 7) is 0. The number of ether oxygens (including phenoxy) is 1. The Kier molecular flexibility index (Phi) is 4.96. The Hall–Kier alpha value is -2.51. The Morgan fingerprint density at radius 3 is 2.52 bits per heavy atom. The van der Waals surface area contributed by atoms with Crippen molar-refractivity contribution < 1.29 is 18.7 Å². The Balaban J connectivity index is 1.89. The summed E-state index contributed by atoms with van der Waals surface area (Å²) < 4.78 is 18.8. The van der Waals surface area contributed by atoms with E-state index < -0.39 is 11.8 Å². The maximum atomic E-state index is 13.8. The SMILES string of the molecule is COC(=O)c1ccc(N2C(=O)/C(=C\c3ccccc3F)SC2=S)cc1. The van der Waals surface area contributed by atoms with Crippen LogP contribution in [0.4, 0.5) is 10.1 Å². The van der Waals surface area contributed by atoms with E-state index in [0.29, 0.717) is 26.0 Å². The molecule has 1 heterocycles. The van der Waals surface area contributed by atoms with Crippen LogP contribution in [0.3, 0.4) is 0 Å². The zero-order valence-corrected chi connectivity index (χ0v) is 14.7. The summed E-state index contributed by atoms with van der Waals surface area (Å²) >= 11 is 6.38. The molecule has 1 aliphatic rings. The number of hydrogen-bond donors (Lipinski definition) is 0. The predicted octanol–water partition coefficient (Wildman–Crippen LogP) is 4.02. The average Bonchev–Trinajstić information content (AvgIpc) is 2.90. The number of thiocarbonyl (C=S) groups is 1. The average molecular weight is 373 g/mol. The van der Waals surface area contributed by atoms with Crippen molar-refractivity contribution in [3.63, 3.8) is 0 Å². The molecular weight excluding hydrogens is 361 g/mol. The lowest BCUT2D eigenvalue weighted by Gasteiger charge is -2.14. The normalized spacial score (nSPS) is 15.8. The van der Waals surface area contributed by atoms with Crippen LogP contribution in [0.15, 0.2) is 53.4 Å². The Labute approximate surface area is 153 Å². The van der Waals surface area contributed by atoms with E-state index in [-0.39, 0.29) is 5.91 Å². The van der Waals surface area contributed by atoms with E-state index in [4.69, 9.17) is 12.2 Å². The van der Waals surface area contributed by atoms with Gasteiger partial charge in [0, 0.05) is 5.56 Å². The molecule has 0 aromatic heterocycles. The lowest BCUT2D eigenvalue weighted by Crippen LogP contribution is -2.27. The van der Waals surface area contributed by atoms with Gasteiger partial charge in [0.25, 0.3) is 5.91 Å².